The number of hydrogen-bond donors (Lipinski definition) is 0. The molecule has 6 fully saturated rings. The lowest BCUT2D eigenvalue weighted by Gasteiger charge is -2.62. The SMILES string of the molecule is C[C@@]12C(C=CCC1CC(=O)OC13CC[C@@H]4[C@@H](CC[C@]5(C)C(=O)CC[C@@H]45)[C@@]1(C)C=CC(=O)C3)CC[C@@H]1[C@H]2CC[C@]2(C)C(=O)CC[C@@H]12. The molecule has 8 aliphatic rings. The van der Waals surface area contributed by atoms with Crippen LogP contribution < -0.4 is 0 Å². The number of allylic oxidation sites excluding steroid dienone is 3. The van der Waals surface area contributed by atoms with Gasteiger partial charge in [-0.1, -0.05) is 45.9 Å². The number of rotatable bonds is 3. The van der Waals surface area contributed by atoms with Crippen LogP contribution in [-0.4, -0.2) is 28.9 Å². The highest BCUT2D eigenvalue weighted by atomic mass is 16.6. The molecule has 8 rings (SSSR count). The fourth-order valence-electron chi connectivity index (χ4n) is 14.1. The van der Waals surface area contributed by atoms with E-state index in [1.54, 1.807) is 6.08 Å². The summed E-state index contributed by atoms with van der Waals surface area (Å²) in [7, 11) is 0. The summed E-state index contributed by atoms with van der Waals surface area (Å²) < 4.78 is 6.78. The van der Waals surface area contributed by atoms with Crippen molar-refractivity contribution in [2.45, 2.75) is 130 Å². The Bertz CT molecular complexity index is 1390. The zero-order valence-electron chi connectivity index (χ0n) is 28.1. The molecule has 0 spiro atoms. The van der Waals surface area contributed by atoms with Gasteiger partial charge >= 0.3 is 5.97 Å². The van der Waals surface area contributed by atoms with Gasteiger partial charge in [0.2, 0.25) is 0 Å². The van der Waals surface area contributed by atoms with Crippen molar-refractivity contribution < 1.29 is 23.9 Å². The van der Waals surface area contributed by atoms with Gasteiger partial charge in [0, 0.05) is 35.5 Å². The quantitative estimate of drug-likeness (QED) is 0.238. The average molecular weight is 615 g/mol. The zero-order valence-corrected chi connectivity index (χ0v) is 28.1. The molecule has 5 nitrogen and oxygen atoms in total. The predicted octanol–water partition coefficient (Wildman–Crippen LogP) is 8.00. The smallest absolute Gasteiger partial charge is 0.306 e. The van der Waals surface area contributed by atoms with Crippen LogP contribution in [0.3, 0.4) is 0 Å². The Hall–Kier alpha value is -2.04. The Morgan fingerprint density at radius 2 is 1.42 bits per heavy atom. The molecule has 0 N–H and O–H groups in total. The summed E-state index contributed by atoms with van der Waals surface area (Å²) in [4.78, 5) is 53.3. The largest absolute Gasteiger partial charge is 0.458 e. The van der Waals surface area contributed by atoms with Gasteiger partial charge in [-0.05, 0) is 129 Å². The van der Waals surface area contributed by atoms with E-state index < -0.39 is 11.0 Å². The van der Waals surface area contributed by atoms with E-state index in [1.165, 1.54) is 6.42 Å². The summed E-state index contributed by atoms with van der Waals surface area (Å²) in [6.45, 7) is 9.18. The van der Waals surface area contributed by atoms with Gasteiger partial charge in [0.05, 0.1) is 6.42 Å². The van der Waals surface area contributed by atoms with Crippen LogP contribution in [0.2, 0.25) is 0 Å². The minimum atomic E-state index is -0.801. The van der Waals surface area contributed by atoms with Crippen molar-refractivity contribution in [3.63, 3.8) is 0 Å². The van der Waals surface area contributed by atoms with Crippen LogP contribution >= 0.6 is 0 Å². The molecule has 8 aliphatic carbocycles. The summed E-state index contributed by atoms with van der Waals surface area (Å²) in [5.74, 6) is 4.28. The van der Waals surface area contributed by atoms with Gasteiger partial charge in [0.25, 0.3) is 0 Å². The Morgan fingerprint density at radius 1 is 0.778 bits per heavy atom. The number of fused-ring (bicyclic) bond motifs is 10. The van der Waals surface area contributed by atoms with Gasteiger partial charge in [-0.3, -0.25) is 19.2 Å². The van der Waals surface area contributed by atoms with Crippen LogP contribution in [0.1, 0.15) is 124 Å². The van der Waals surface area contributed by atoms with Gasteiger partial charge < -0.3 is 4.74 Å². The molecule has 0 aromatic rings. The first-order chi connectivity index (χ1) is 21.4. The number of hydrogen-bond acceptors (Lipinski definition) is 5. The Kier molecular flexibility index (Phi) is 6.72. The van der Waals surface area contributed by atoms with E-state index in [0.29, 0.717) is 72.3 Å². The molecule has 13 atom stereocenters. The second kappa shape index (κ2) is 9.99. The minimum Gasteiger partial charge on any atom is -0.458 e. The van der Waals surface area contributed by atoms with E-state index in [9.17, 15) is 19.2 Å². The summed E-state index contributed by atoms with van der Waals surface area (Å²) in [6.07, 6.45) is 21.6. The van der Waals surface area contributed by atoms with Crippen LogP contribution in [0.15, 0.2) is 24.3 Å². The lowest BCUT2D eigenvalue weighted by Crippen LogP contribution is -2.62. The van der Waals surface area contributed by atoms with Crippen molar-refractivity contribution in [2.75, 3.05) is 0 Å². The first-order valence-corrected chi connectivity index (χ1v) is 18.5. The molecular formula is C40H54O5. The van der Waals surface area contributed by atoms with Crippen LogP contribution in [0, 0.1) is 69.0 Å². The number of ketones is 3. The van der Waals surface area contributed by atoms with Crippen molar-refractivity contribution in [1.82, 2.24) is 0 Å². The number of esters is 1. The number of carbonyl (C=O) groups is 4. The van der Waals surface area contributed by atoms with Gasteiger partial charge in [0.15, 0.2) is 5.78 Å². The fourth-order valence-corrected chi connectivity index (χ4v) is 14.1. The topological polar surface area (TPSA) is 77.5 Å². The van der Waals surface area contributed by atoms with E-state index in [0.717, 1.165) is 64.2 Å². The van der Waals surface area contributed by atoms with Crippen LogP contribution in [-0.2, 0) is 23.9 Å². The summed E-state index contributed by atoms with van der Waals surface area (Å²) in [5, 5.41) is 0. The third kappa shape index (κ3) is 3.97. The molecule has 6 saturated carbocycles. The van der Waals surface area contributed by atoms with E-state index in [4.69, 9.17) is 4.74 Å². The maximum atomic E-state index is 14.3. The molecule has 0 aromatic heterocycles. The number of Topliss-reactive ketones (excluding diaryl/α,β-unsaturated/α-hetero) is 2. The molecule has 0 aromatic carbocycles. The van der Waals surface area contributed by atoms with Gasteiger partial charge in [-0.2, -0.15) is 0 Å². The molecule has 45 heavy (non-hydrogen) atoms. The van der Waals surface area contributed by atoms with Crippen molar-refractivity contribution in [1.29, 1.82) is 0 Å². The number of ether oxygens (including phenoxy) is 1. The van der Waals surface area contributed by atoms with E-state index in [1.807, 2.05) is 0 Å². The summed E-state index contributed by atoms with van der Waals surface area (Å²) in [5.41, 5.74) is -1.53. The molecule has 0 heterocycles. The molecule has 0 aliphatic heterocycles. The van der Waals surface area contributed by atoms with Crippen LogP contribution in [0.5, 0.6) is 0 Å². The third-order valence-electron chi connectivity index (χ3n) is 16.8. The second-order valence-corrected chi connectivity index (χ2v) is 18.0. The maximum Gasteiger partial charge on any atom is 0.306 e. The summed E-state index contributed by atoms with van der Waals surface area (Å²) >= 11 is 0. The lowest BCUT2D eigenvalue weighted by atomic mass is 9.43. The van der Waals surface area contributed by atoms with Crippen molar-refractivity contribution in [2.24, 2.45) is 69.0 Å². The van der Waals surface area contributed by atoms with Gasteiger partial charge in [0.1, 0.15) is 17.2 Å². The molecule has 0 bridgehead atoms. The first-order valence-electron chi connectivity index (χ1n) is 18.5. The highest BCUT2D eigenvalue weighted by Crippen LogP contribution is 2.68. The summed E-state index contributed by atoms with van der Waals surface area (Å²) in [6, 6.07) is 0. The predicted molar refractivity (Wildman–Crippen MR) is 172 cm³/mol. The highest BCUT2D eigenvalue weighted by molar-refractivity contribution is 5.92. The van der Waals surface area contributed by atoms with Crippen molar-refractivity contribution >= 4 is 23.3 Å². The molecule has 0 radical (unpaired) electrons. The normalized spacial score (nSPS) is 53.1. The van der Waals surface area contributed by atoms with E-state index >= 15 is 0 Å². The van der Waals surface area contributed by atoms with E-state index in [2.05, 4.69) is 45.9 Å². The standard InChI is InChI=1S/C40H54O5/c1-36-18-16-31-28(30(36)11-13-33(36)42)15-21-40(23-26(41)14-20-38(31,40)3)45-35(44)22-25-7-5-6-24-8-9-27-29-10-12-34(43)37(29,2)19-17-32(27)39(24,25)4/h5-6,14,20,24-25,27-32H,7-13,15-19,21-23H2,1-4H3/t24?,25?,27-,28-,29-,30-,31+,32+,36-,37-,38+,39+,40?/m0/s1. The highest BCUT2D eigenvalue weighted by Gasteiger charge is 2.66. The Morgan fingerprint density at radius 3 is 2.11 bits per heavy atom. The van der Waals surface area contributed by atoms with Gasteiger partial charge in [-0.25, -0.2) is 0 Å². The minimum absolute atomic E-state index is 0.0212. The van der Waals surface area contributed by atoms with Crippen LogP contribution in [0.25, 0.3) is 0 Å². The third-order valence-corrected chi connectivity index (χ3v) is 16.8. The zero-order chi connectivity index (χ0) is 31.6. The molecule has 244 valence electrons. The Balaban J connectivity index is 1.05. The Labute approximate surface area is 269 Å². The molecule has 0 amide bonds. The molecule has 3 unspecified atom stereocenters. The maximum absolute atomic E-state index is 14.3. The second-order valence-electron chi connectivity index (χ2n) is 18.0. The first kappa shape index (κ1) is 30.3. The van der Waals surface area contributed by atoms with E-state index in [-0.39, 0.29) is 40.3 Å². The van der Waals surface area contributed by atoms with Gasteiger partial charge in [-0.15, -0.1) is 0 Å². The lowest BCUT2D eigenvalue weighted by molar-refractivity contribution is -0.207. The molecule has 5 heteroatoms. The monoisotopic (exact) mass is 614 g/mol. The average Bonchev–Trinajstić information content (AvgIpc) is 3.48. The fraction of sp³-hybridized carbons (Fsp3) is 0.800. The van der Waals surface area contributed by atoms with Crippen molar-refractivity contribution in [3.05, 3.63) is 24.3 Å². The molecule has 0 saturated heterocycles. The van der Waals surface area contributed by atoms with Crippen LogP contribution in [0.4, 0.5) is 0 Å². The number of carbonyl (C=O) groups excluding carboxylic acids is 4. The van der Waals surface area contributed by atoms with Crippen molar-refractivity contribution in [3.8, 4) is 0 Å². The molecular weight excluding hydrogens is 560 g/mol.